The number of Topliss-reactive ketones (excluding diaryl/α,β-unsaturated/α-hetero) is 2. The molecule has 0 spiro atoms. The van der Waals surface area contributed by atoms with E-state index >= 15 is 0 Å². The number of ketones is 2. The van der Waals surface area contributed by atoms with Crippen molar-refractivity contribution in [3.8, 4) is 0 Å². The van der Waals surface area contributed by atoms with E-state index in [9.17, 15) is 19.2 Å². The van der Waals surface area contributed by atoms with Gasteiger partial charge in [-0.05, 0) is 74.1 Å². The number of hydrogen-bond acceptors (Lipinski definition) is 8. The van der Waals surface area contributed by atoms with Crippen LogP contribution in [0.2, 0.25) is 0 Å². The standard InChI is InChI=1S/C36H61NO7/c1-9-10-11-12-13-14-15-16-17-18-19-22-28-33(41)31(37-25-20-23-29(38)43-35(3,4)5)27(2)32(40)34(28)42-26-21-24-30(39)44-36(6,7)8/h37H,9-26H2,1-8H3. The maximum Gasteiger partial charge on any atom is 0.306 e. The van der Waals surface area contributed by atoms with E-state index in [2.05, 4.69) is 12.2 Å². The highest BCUT2D eigenvalue weighted by Gasteiger charge is 2.33. The summed E-state index contributed by atoms with van der Waals surface area (Å²) in [5.74, 6) is -1.06. The van der Waals surface area contributed by atoms with Gasteiger partial charge in [-0.1, -0.05) is 71.1 Å². The molecule has 252 valence electrons. The van der Waals surface area contributed by atoms with Gasteiger partial charge in [0.1, 0.15) is 11.2 Å². The zero-order chi connectivity index (χ0) is 33.2. The third kappa shape index (κ3) is 17.0. The van der Waals surface area contributed by atoms with Gasteiger partial charge >= 0.3 is 11.9 Å². The van der Waals surface area contributed by atoms with Crippen molar-refractivity contribution in [2.24, 2.45) is 0 Å². The van der Waals surface area contributed by atoms with Crippen LogP contribution < -0.4 is 5.32 Å². The van der Waals surface area contributed by atoms with Gasteiger partial charge in [-0.2, -0.15) is 0 Å². The fraction of sp³-hybridized carbons (Fsp3) is 0.778. The molecule has 1 N–H and O–H groups in total. The normalized spacial score (nSPS) is 14.3. The summed E-state index contributed by atoms with van der Waals surface area (Å²) in [7, 11) is 0. The van der Waals surface area contributed by atoms with Crippen LogP contribution in [0.15, 0.2) is 22.6 Å². The molecule has 1 rings (SSSR count). The Hall–Kier alpha value is -2.64. The Bertz CT molecular complexity index is 995. The lowest BCUT2D eigenvalue weighted by molar-refractivity contribution is -0.156. The van der Waals surface area contributed by atoms with Crippen LogP contribution in [-0.4, -0.2) is 47.9 Å². The quantitative estimate of drug-likeness (QED) is 0.0734. The number of carbonyl (C=O) groups is 4. The predicted molar refractivity (Wildman–Crippen MR) is 175 cm³/mol. The van der Waals surface area contributed by atoms with Gasteiger partial charge in [0.15, 0.2) is 5.76 Å². The van der Waals surface area contributed by atoms with E-state index < -0.39 is 11.2 Å². The summed E-state index contributed by atoms with van der Waals surface area (Å²) in [6.07, 6.45) is 14.8. The van der Waals surface area contributed by atoms with Crippen LogP contribution in [0.25, 0.3) is 0 Å². The molecule has 0 aromatic carbocycles. The van der Waals surface area contributed by atoms with Crippen molar-refractivity contribution in [3.05, 3.63) is 22.6 Å². The number of esters is 2. The highest BCUT2D eigenvalue weighted by Crippen LogP contribution is 2.28. The fourth-order valence-electron chi connectivity index (χ4n) is 5.03. The molecule has 44 heavy (non-hydrogen) atoms. The van der Waals surface area contributed by atoms with Crippen molar-refractivity contribution >= 4 is 23.5 Å². The monoisotopic (exact) mass is 619 g/mol. The number of rotatable bonds is 22. The number of unbranched alkanes of at least 4 members (excludes halogenated alkanes) is 10. The number of ether oxygens (including phenoxy) is 3. The summed E-state index contributed by atoms with van der Waals surface area (Å²) < 4.78 is 16.6. The van der Waals surface area contributed by atoms with E-state index in [1.54, 1.807) is 6.92 Å². The lowest BCUT2D eigenvalue weighted by Crippen LogP contribution is -2.33. The lowest BCUT2D eigenvalue weighted by atomic mass is 9.89. The average molecular weight is 620 g/mol. The van der Waals surface area contributed by atoms with Gasteiger partial charge < -0.3 is 19.5 Å². The van der Waals surface area contributed by atoms with E-state index in [-0.39, 0.29) is 54.4 Å². The van der Waals surface area contributed by atoms with Crippen molar-refractivity contribution in [2.45, 2.75) is 169 Å². The highest BCUT2D eigenvalue weighted by molar-refractivity contribution is 6.24. The van der Waals surface area contributed by atoms with Crippen molar-refractivity contribution < 1.29 is 33.4 Å². The number of allylic oxidation sites excluding steroid dienone is 2. The van der Waals surface area contributed by atoms with Gasteiger partial charge in [0.25, 0.3) is 0 Å². The van der Waals surface area contributed by atoms with Crippen LogP contribution in [0, 0.1) is 0 Å². The van der Waals surface area contributed by atoms with Gasteiger partial charge in [-0.3, -0.25) is 19.2 Å². The van der Waals surface area contributed by atoms with Crippen LogP contribution in [-0.2, 0) is 33.4 Å². The molecule has 0 aromatic heterocycles. The van der Waals surface area contributed by atoms with E-state index in [0.29, 0.717) is 37.0 Å². The Morgan fingerprint density at radius 2 is 1.14 bits per heavy atom. The zero-order valence-electron chi connectivity index (χ0n) is 29.1. The molecule has 0 heterocycles. The van der Waals surface area contributed by atoms with Crippen molar-refractivity contribution in [2.75, 3.05) is 13.2 Å². The summed E-state index contributed by atoms with van der Waals surface area (Å²) in [5.41, 5.74) is -0.141. The maximum atomic E-state index is 13.6. The van der Waals surface area contributed by atoms with Crippen molar-refractivity contribution in [1.82, 2.24) is 5.32 Å². The number of carbonyl (C=O) groups excluding carboxylic acids is 4. The third-order valence-corrected chi connectivity index (χ3v) is 7.20. The van der Waals surface area contributed by atoms with Crippen LogP contribution >= 0.6 is 0 Å². The summed E-state index contributed by atoms with van der Waals surface area (Å²) in [5, 5.41) is 3.12. The maximum absolute atomic E-state index is 13.6. The molecular formula is C36H61NO7. The summed E-state index contributed by atoms with van der Waals surface area (Å²) in [6, 6.07) is 0. The first-order chi connectivity index (χ1) is 20.7. The SMILES string of the molecule is CCCCCCCCCCCCCC1=C(OCCCC(=O)OC(C)(C)C)C(=O)C(C)=C(NCCCC(=O)OC(C)(C)C)C1=O. The van der Waals surface area contributed by atoms with Crippen molar-refractivity contribution in [3.63, 3.8) is 0 Å². The largest absolute Gasteiger partial charge is 0.489 e. The average Bonchev–Trinajstić information content (AvgIpc) is 2.91. The minimum atomic E-state index is -0.563. The Kier molecular flexibility index (Phi) is 18.3. The van der Waals surface area contributed by atoms with Crippen LogP contribution in [0.4, 0.5) is 0 Å². The predicted octanol–water partition coefficient (Wildman–Crippen LogP) is 8.22. The number of nitrogens with one attached hydrogen (secondary N) is 1. The summed E-state index contributed by atoms with van der Waals surface area (Å²) in [4.78, 5) is 51.2. The van der Waals surface area contributed by atoms with Gasteiger partial charge in [-0.25, -0.2) is 0 Å². The Morgan fingerprint density at radius 1 is 0.659 bits per heavy atom. The number of hydrogen-bond donors (Lipinski definition) is 1. The van der Waals surface area contributed by atoms with Gasteiger partial charge in [0.05, 0.1) is 12.3 Å². The van der Waals surface area contributed by atoms with E-state index in [1.807, 2.05) is 41.5 Å². The second-order valence-electron chi connectivity index (χ2n) is 13.9. The van der Waals surface area contributed by atoms with E-state index in [1.165, 1.54) is 51.4 Å². The van der Waals surface area contributed by atoms with Gasteiger partial charge in [0.2, 0.25) is 11.6 Å². The molecule has 0 radical (unpaired) electrons. The molecule has 8 heteroatoms. The van der Waals surface area contributed by atoms with Crippen LogP contribution in [0.1, 0.15) is 158 Å². The van der Waals surface area contributed by atoms with Crippen LogP contribution in [0.5, 0.6) is 0 Å². The second-order valence-corrected chi connectivity index (χ2v) is 13.9. The topological polar surface area (TPSA) is 108 Å². The molecule has 0 fully saturated rings. The second kappa shape index (κ2) is 20.4. The molecule has 0 atom stereocenters. The smallest absolute Gasteiger partial charge is 0.306 e. The molecule has 0 saturated heterocycles. The van der Waals surface area contributed by atoms with E-state index in [4.69, 9.17) is 14.2 Å². The molecule has 0 aromatic rings. The Labute approximate surface area is 267 Å². The molecule has 0 unspecified atom stereocenters. The molecule has 0 aliphatic heterocycles. The lowest BCUT2D eigenvalue weighted by Gasteiger charge is -2.24. The van der Waals surface area contributed by atoms with Gasteiger partial charge in [0, 0.05) is 30.5 Å². The Balaban J connectivity index is 2.76. The summed E-state index contributed by atoms with van der Waals surface area (Å²) in [6.45, 7) is 15.3. The summed E-state index contributed by atoms with van der Waals surface area (Å²) >= 11 is 0. The van der Waals surface area contributed by atoms with Crippen LogP contribution in [0.3, 0.4) is 0 Å². The van der Waals surface area contributed by atoms with Crippen molar-refractivity contribution in [1.29, 1.82) is 0 Å². The first-order valence-corrected chi connectivity index (χ1v) is 17.0. The minimum absolute atomic E-state index is 0.100. The first kappa shape index (κ1) is 39.4. The molecule has 0 bridgehead atoms. The molecule has 1 aliphatic carbocycles. The molecular weight excluding hydrogens is 558 g/mol. The van der Waals surface area contributed by atoms with E-state index in [0.717, 1.165) is 19.3 Å². The molecule has 1 aliphatic rings. The minimum Gasteiger partial charge on any atom is -0.489 e. The Morgan fingerprint density at radius 3 is 1.64 bits per heavy atom. The highest BCUT2D eigenvalue weighted by atomic mass is 16.6. The molecule has 0 saturated carbocycles. The first-order valence-electron chi connectivity index (χ1n) is 17.0. The zero-order valence-corrected chi connectivity index (χ0v) is 29.1. The molecule has 0 amide bonds. The molecule has 8 nitrogen and oxygen atoms in total. The fourth-order valence-corrected chi connectivity index (χ4v) is 5.03. The van der Waals surface area contributed by atoms with Gasteiger partial charge in [-0.15, -0.1) is 0 Å². The third-order valence-electron chi connectivity index (χ3n) is 7.20.